The van der Waals surface area contributed by atoms with Crippen molar-refractivity contribution in [3.05, 3.63) is 53.6 Å². The molecule has 35 heavy (non-hydrogen) atoms. The highest BCUT2D eigenvalue weighted by atomic mass is 32.2. The van der Waals surface area contributed by atoms with Crippen molar-refractivity contribution in [3.63, 3.8) is 0 Å². The number of nitrogens with zero attached hydrogens (tertiary/aromatic N) is 3. The lowest BCUT2D eigenvalue weighted by molar-refractivity contribution is -0.123. The molecule has 2 fully saturated rings. The van der Waals surface area contributed by atoms with Crippen LogP contribution in [0.4, 0.5) is 5.13 Å². The Hall–Kier alpha value is -2.33. The molecule has 1 aromatic heterocycles. The number of ether oxygens (including phenoxy) is 1. The van der Waals surface area contributed by atoms with Gasteiger partial charge in [0.25, 0.3) is 0 Å². The number of hydrogen-bond donors (Lipinski definition) is 0. The van der Waals surface area contributed by atoms with Gasteiger partial charge in [-0.05, 0) is 69.4 Å². The topological polar surface area (TPSA) is 79.8 Å². The Bertz CT molecular complexity index is 1310. The minimum Gasteiger partial charge on any atom is -0.376 e. The second-order valence-corrected chi connectivity index (χ2v) is 12.5. The quantitative estimate of drug-likeness (QED) is 0.484. The minimum absolute atomic E-state index is 0.0244. The summed E-state index contributed by atoms with van der Waals surface area (Å²) in [6, 6.07) is 13.0. The highest BCUT2D eigenvalue weighted by molar-refractivity contribution is 7.89. The Labute approximate surface area is 210 Å². The molecule has 0 radical (unpaired) electrons. The van der Waals surface area contributed by atoms with Crippen molar-refractivity contribution in [1.82, 2.24) is 9.29 Å². The SMILES string of the molecule is Cc1ccc(S(=O)(=O)N2CCCC(C(=O)N(CC3CCCO3)c3nc4ccc(C)cc4s3)C2)cc1. The van der Waals surface area contributed by atoms with E-state index in [-0.39, 0.29) is 23.5 Å². The maximum atomic E-state index is 13.9. The van der Waals surface area contributed by atoms with Gasteiger partial charge in [-0.3, -0.25) is 9.69 Å². The van der Waals surface area contributed by atoms with Gasteiger partial charge in [0, 0.05) is 19.7 Å². The molecular weight excluding hydrogens is 482 g/mol. The van der Waals surface area contributed by atoms with E-state index in [0.29, 0.717) is 37.7 Å². The van der Waals surface area contributed by atoms with E-state index in [2.05, 4.69) is 6.07 Å². The maximum absolute atomic E-state index is 13.9. The zero-order valence-electron chi connectivity index (χ0n) is 20.1. The Morgan fingerprint density at radius 3 is 2.63 bits per heavy atom. The van der Waals surface area contributed by atoms with Crippen molar-refractivity contribution >= 4 is 42.6 Å². The Kier molecular flexibility index (Phi) is 6.94. The first kappa shape index (κ1) is 24.4. The normalized spacial score (nSPS) is 21.4. The summed E-state index contributed by atoms with van der Waals surface area (Å²) in [5, 5.41) is 0.657. The first-order valence-corrected chi connectivity index (χ1v) is 14.4. The third-order valence-electron chi connectivity index (χ3n) is 6.83. The number of hydrogen-bond acceptors (Lipinski definition) is 6. The average Bonchev–Trinajstić information content (AvgIpc) is 3.52. The number of anilines is 1. The minimum atomic E-state index is -3.66. The Morgan fingerprint density at radius 1 is 1.11 bits per heavy atom. The van der Waals surface area contributed by atoms with Gasteiger partial charge < -0.3 is 4.74 Å². The number of fused-ring (bicyclic) bond motifs is 1. The number of aromatic nitrogens is 1. The molecule has 0 saturated carbocycles. The molecule has 2 aromatic carbocycles. The maximum Gasteiger partial charge on any atom is 0.243 e. The van der Waals surface area contributed by atoms with Crippen molar-refractivity contribution in [3.8, 4) is 0 Å². The van der Waals surface area contributed by atoms with Crippen molar-refractivity contribution < 1.29 is 17.9 Å². The van der Waals surface area contributed by atoms with Gasteiger partial charge in [0.15, 0.2) is 5.13 Å². The first-order chi connectivity index (χ1) is 16.8. The van der Waals surface area contributed by atoms with E-state index in [4.69, 9.17) is 9.72 Å². The van der Waals surface area contributed by atoms with Crippen molar-refractivity contribution in [2.24, 2.45) is 5.92 Å². The Balaban J connectivity index is 1.41. The highest BCUT2D eigenvalue weighted by Gasteiger charge is 2.37. The molecule has 186 valence electrons. The van der Waals surface area contributed by atoms with Crippen molar-refractivity contribution in [1.29, 1.82) is 0 Å². The number of rotatable bonds is 6. The molecule has 0 bridgehead atoms. The van der Waals surface area contributed by atoms with Crippen LogP contribution in [0.25, 0.3) is 10.2 Å². The van der Waals surface area contributed by atoms with Crippen LogP contribution in [0.2, 0.25) is 0 Å². The van der Waals surface area contributed by atoms with Gasteiger partial charge in [-0.15, -0.1) is 0 Å². The van der Waals surface area contributed by atoms with Crippen LogP contribution in [0.1, 0.15) is 36.8 Å². The largest absolute Gasteiger partial charge is 0.376 e. The van der Waals surface area contributed by atoms with Gasteiger partial charge in [-0.1, -0.05) is 35.1 Å². The Morgan fingerprint density at radius 2 is 1.89 bits per heavy atom. The van der Waals surface area contributed by atoms with E-state index < -0.39 is 15.9 Å². The molecule has 5 rings (SSSR count). The van der Waals surface area contributed by atoms with E-state index in [1.807, 2.05) is 26.0 Å². The second-order valence-electron chi connectivity index (χ2n) is 9.57. The van der Waals surface area contributed by atoms with Crippen LogP contribution >= 0.6 is 11.3 Å². The molecule has 2 unspecified atom stereocenters. The molecule has 0 spiro atoms. The average molecular weight is 514 g/mol. The zero-order chi connectivity index (χ0) is 24.6. The van der Waals surface area contributed by atoms with Crippen LogP contribution in [0, 0.1) is 19.8 Å². The van der Waals surface area contributed by atoms with Crippen LogP contribution in [0.3, 0.4) is 0 Å². The van der Waals surface area contributed by atoms with Gasteiger partial charge in [0.1, 0.15) is 0 Å². The number of piperidine rings is 1. The summed E-state index contributed by atoms with van der Waals surface area (Å²) in [5.74, 6) is -0.487. The smallest absolute Gasteiger partial charge is 0.243 e. The molecule has 7 nitrogen and oxygen atoms in total. The lowest BCUT2D eigenvalue weighted by Gasteiger charge is -2.34. The van der Waals surface area contributed by atoms with Crippen LogP contribution in [0.15, 0.2) is 47.4 Å². The molecule has 0 aliphatic carbocycles. The second kappa shape index (κ2) is 9.97. The molecule has 2 atom stereocenters. The summed E-state index contributed by atoms with van der Waals surface area (Å²) in [4.78, 5) is 20.7. The van der Waals surface area contributed by atoms with E-state index in [9.17, 15) is 13.2 Å². The van der Waals surface area contributed by atoms with Gasteiger partial charge in [-0.25, -0.2) is 13.4 Å². The number of carbonyl (C=O) groups is 1. The number of amides is 1. The van der Waals surface area contributed by atoms with Crippen LogP contribution < -0.4 is 4.90 Å². The molecule has 2 aliphatic heterocycles. The van der Waals surface area contributed by atoms with Crippen molar-refractivity contribution in [2.45, 2.75) is 50.5 Å². The number of thiazole rings is 1. The molecule has 0 N–H and O–H groups in total. The molecule has 2 aliphatic rings. The van der Waals surface area contributed by atoms with Gasteiger partial charge in [0.05, 0.1) is 33.7 Å². The predicted octanol–water partition coefficient (Wildman–Crippen LogP) is 4.53. The monoisotopic (exact) mass is 513 g/mol. The van der Waals surface area contributed by atoms with Crippen LogP contribution in [-0.4, -0.2) is 56.0 Å². The van der Waals surface area contributed by atoms with Gasteiger partial charge >= 0.3 is 0 Å². The first-order valence-electron chi connectivity index (χ1n) is 12.2. The third-order valence-corrected chi connectivity index (χ3v) is 9.75. The molecule has 3 aromatic rings. The lowest BCUT2D eigenvalue weighted by Crippen LogP contribution is -2.48. The standard InChI is InChI=1S/C26H31N3O4S2/c1-18-7-10-22(11-8-18)35(31,32)28-13-3-5-20(16-28)25(30)29(17-21-6-4-14-33-21)26-27-23-12-9-19(2)15-24(23)34-26/h7-12,15,20-21H,3-6,13-14,16-17H2,1-2H3. The summed E-state index contributed by atoms with van der Waals surface area (Å²) in [6.07, 6.45) is 3.17. The summed E-state index contributed by atoms with van der Waals surface area (Å²) in [5.41, 5.74) is 3.02. The predicted molar refractivity (Wildman–Crippen MR) is 138 cm³/mol. The number of aryl methyl sites for hydroxylation is 2. The van der Waals surface area contributed by atoms with Crippen LogP contribution in [-0.2, 0) is 19.6 Å². The summed E-state index contributed by atoms with van der Waals surface area (Å²) < 4.78 is 35.0. The lowest BCUT2D eigenvalue weighted by atomic mass is 9.98. The summed E-state index contributed by atoms with van der Waals surface area (Å²) in [7, 11) is -3.66. The summed E-state index contributed by atoms with van der Waals surface area (Å²) in [6.45, 7) is 5.72. The summed E-state index contributed by atoms with van der Waals surface area (Å²) >= 11 is 1.51. The van der Waals surface area contributed by atoms with E-state index >= 15 is 0 Å². The fourth-order valence-corrected chi connectivity index (χ4v) is 7.43. The van der Waals surface area contributed by atoms with Gasteiger partial charge in [-0.2, -0.15) is 4.31 Å². The zero-order valence-corrected chi connectivity index (χ0v) is 21.8. The number of carbonyl (C=O) groups excluding carboxylic acids is 1. The number of benzene rings is 2. The highest BCUT2D eigenvalue weighted by Crippen LogP contribution is 2.33. The van der Waals surface area contributed by atoms with E-state index in [1.54, 1.807) is 29.2 Å². The third kappa shape index (κ3) is 5.14. The van der Waals surface area contributed by atoms with Crippen molar-refractivity contribution in [2.75, 3.05) is 31.1 Å². The van der Waals surface area contributed by atoms with E-state index in [0.717, 1.165) is 34.2 Å². The number of sulfonamides is 1. The molecular formula is C26H31N3O4S2. The van der Waals surface area contributed by atoms with E-state index in [1.165, 1.54) is 15.6 Å². The fourth-order valence-electron chi connectivity index (χ4n) is 4.83. The molecule has 1 amide bonds. The molecule has 2 saturated heterocycles. The molecule has 3 heterocycles. The fraction of sp³-hybridized carbons (Fsp3) is 0.462. The van der Waals surface area contributed by atoms with Crippen LogP contribution in [0.5, 0.6) is 0 Å². The molecule has 9 heteroatoms. The van der Waals surface area contributed by atoms with Gasteiger partial charge in [0.2, 0.25) is 15.9 Å².